The molecule has 0 radical (unpaired) electrons. The van der Waals surface area contributed by atoms with Crippen molar-refractivity contribution >= 4 is 49.1 Å². The van der Waals surface area contributed by atoms with Crippen molar-refractivity contribution in [2.45, 2.75) is 56.0 Å². The summed E-state index contributed by atoms with van der Waals surface area (Å²) < 4.78 is 97.2. The molecule has 6 heterocycles. The lowest BCUT2D eigenvalue weighted by Gasteiger charge is -2.38. The van der Waals surface area contributed by atoms with Gasteiger partial charge >= 0.3 is 12.2 Å². The van der Waals surface area contributed by atoms with Crippen LogP contribution < -0.4 is 15.4 Å². The first-order chi connectivity index (χ1) is 23.4. The van der Waals surface area contributed by atoms with Gasteiger partial charge in [0.1, 0.15) is 41.0 Å². The lowest BCUT2D eigenvalue weighted by Crippen LogP contribution is -2.51. The first kappa shape index (κ1) is 31.9. The third-order valence-corrected chi connectivity index (χ3v) is 11.4. The molecule has 0 aliphatic carbocycles. The van der Waals surface area contributed by atoms with E-state index in [1.165, 1.54) is 0 Å². The lowest BCUT2D eigenvalue weighted by molar-refractivity contribution is -0.137. The first-order valence-electron chi connectivity index (χ1n) is 16.0. The van der Waals surface area contributed by atoms with Gasteiger partial charge in [-0.1, -0.05) is 6.07 Å². The highest BCUT2D eigenvalue weighted by molar-refractivity contribution is 7.23. The topological polar surface area (TPSA) is 112 Å². The summed E-state index contributed by atoms with van der Waals surface area (Å²) >= 11 is 0.684. The summed E-state index contributed by atoms with van der Waals surface area (Å²) in [5.41, 5.74) is 1.96. The minimum atomic E-state index is -5.10. The number of fused-ring (bicyclic) bond motifs is 4. The number of nitrogens with zero attached hydrogens (tertiary/aromatic N) is 6. The van der Waals surface area contributed by atoms with E-state index in [0.29, 0.717) is 43.7 Å². The maximum Gasteiger partial charge on any atom is 0.417 e. The molecule has 0 spiro atoms. The van der Waals surface area contributed by atoms with E-state index in [0.717, 1.165) is 24.6 Å². The SMILES string of the molecule is N#Cc1c(N)sc2c(F)ccc(-c3c(C(F)(F)F)cc4c(N5CCN6C(=O)CCC6C5)nc(OCC56CCCN5CC(F)C6)nc4c3F)c12. The van der Waals surface area contributed by atoms with Crippen LogP contribution in [0.1, 0.15) is 43.2 Å². The van der Waals surface area contributed by atoms with Gasteiger partial charge < -0.3 is 20.3 Å². The Kier molecular flexibility index (Phi) is 7.38. The second-order valence-electron chi connectivity index (χ2n) is 13.2. The van der Waals surface area contributed by atoms with Crippen molar-refractivity contribution < 1.29 is 35.9 Å². The molecule has 2 aromatic carbocycles. The molecule has 3 atom stereocenters. The van der Waals surface area contributed by atoms with Crippen LogP contribution in [0.25, 0.3) is 32.1 Å². The van der Waals surface area contributed by atoms with Gasteiger partial charge in [-0.2, -0.15) is 28.4 Å². The van der Waals surface area contributed by atoms with Crippen LogP contribution in [0.3, 0.4) is 0 Å². The van der Waals surface area contributed by atoms with Crippen molar-refractivity contribution in [1.29, 1.82) is 5.26 Å². The number of amides is 1. The zero-order valence-corrected chi connectivity index (χ0v) is 26.7. The minimum absolute atomic E-state index is 0.00330. The van der Waals surface area contributed by atoms with E-state index >= 15 is 4.39 Å². The summed E-state index contributed by atoms with van der Waals surface area (Å²) in [7, 11) is 0. The number of alkyl halides is 4. The van der Waals surface area contributed by atoms with E-state index in [1.807, 2.05) is 11.0 Å². The molecule has 3 unspecified atom stereocenters. The standard InChI is InChI=1S/C33H29F6N7O2S/c34-16-11-32(6-1-7-45(32)13-16)15-48-31-42-27-19(30(43-31)44-8-9-46-17(14-44)2-5-23(46)47)10-21(33(37,38)39)25(26(27)36)18-3-4-22(35)28-24(18)20(12-40)29(41)49-28/h3-4,10,16-17H,1-2,5-9,11,13-15,41H2. The average molecular weight is 702 g/mol. The fraction of sp³-hybridized carbons (Fsp3) is 0.455. The van der Waals surface area contributed by atoms with Crippen LogP contribution in [-0.4, -0.2) is 82.8 Å². The van der Waals surface area contributed by atoms with Gasteiger partial charge in [0.25, 0.3) is 0 Å². The van der Waals surface area contributed by atoms with Crippen LogP contribution in [0, 0.1) is 23.0 Å². The zero-order chi connectivity index (χ0) is 34.4. The molecule has 16 heteroatoms. The lowest BCUT2D eigenvalue weighted by atomic mass is 9.92. The summed E-state index contributed by atoms with van der Waals surface area (Å²) in [6.07, 6.45) is -3.48. The second kappa shape index (κ2) is 11.3. The molecule has 1 amide bonds. The number of nitriles is 1. The molecule has 9 nitrogen and oxygen atoms in total. The Balaban J connectivity index is 1.33. The average Bonchev–Trinajstić information content (AvgIpc) is 3.80. The maximum absolute atomic E-state index is 17.0. The van der Waals surface area contributed by atoms with Crippen LogP contribution in [0.2, 0.25) is 0 Å². The highest BCUT2D eigenvalue weighted by atomic mass is 32.1. The molecule has 8 rings (SSSR count). The number of thiophene rings is 1. The summed E-state index contributed by atoms with van der Waals surface area (Å²) in [5, 5.41) is 9.23. The van der Waals surface area contributed by atoms with E-state index < -0.39 is 46.2 Å². The van der Waals surface area contributed by atoms with E-state index in [9.17, 15) is 32.0 Å². The number of halogens is 6. The third kappa shape index (κ3) is 5.03. The number of aromatic nitrogens is 2. The summed E-state index contributed by atoms with van der Waals surface area (Å²) in [6, 6.07) is 4.02. The van der Waals surface area contributed by atoms with Gasteiger partial charge in [0.15, 0.2) is 5.82 Å². The predicted octanol–water partition coefficient (Wildman–Crippen LogP) is 6.03. The molecule has 4 aliphatic heterocycles. The quantitative estimate of drug-likeness (QED) is 0.252. The largest absolute Gasteiger partial charge is 0.461 e. The highest BCUT2D eigenvalue weighted by Gasteiger charge is 2.49. The molecule has 2 N–H and O–H groups in total. The Morgan fingerprint density at radius 2 is 1.98 bits per heavy atom. The molecule has 49 heavy (non-hydrogen) atoms. The number of rotatable bonds is 5. The molecule has 4 saturated heterocycles. The van der Waals surface area contributed by atoms with Gasteiger partial charge in [-0.3, -0.25) is 9.69 Å². The normalized spacial score (nSPS) is 24.2. The van der Waals surface area contributed by atoms with E-state index in [4.69, 9.17) is 10.5 Å². The van der Waals surface area contributed by atoms with Crippen molar-refractivity contribution in [2.24, 2.45) is 0 Å². The Morgan fingerprint density at radius 1 is 1.16 bits per heavy atom. The van der Waals surface area contributed by atoms with Crippen LogP contribution in [-0.2, 0) is 11.0 Å². The number of carbonyl (C=O) groups is 1. The number of ether oxygens (including phenoxy) is 1. The molecule has 4 fully saturated rings. The second-order valence-corrected chi connectivity index (χ2v) is 14.2. The number of carbonyl (C=O) groups excluding carboxylic acids is 1. The molecular formula is C33H29F6N7O2S. The van der Waals surface area contributed by atoms with Gasteiger partial charge in [-0.05, 0) is 43.5 Å². The molecule has 0 bridgehead atoms. The molecular weight excluding hydrogens is 672 g/mol. The van der Waals surface area contributed by atoms with Crippen LogP contribution in [0.4, 0.5) is 37.2 Å². The van der Waals surface area contributed by atoms with Gasteiger partial charge in [0, 0.05) is 61.4 Å². The van der Waals surface area contributed by atoms with Gasteiger partial charge in [-0.25, -0.2) is 13.2 Å². The third-order valence-electron chi connectivity index (χ3n) is 10.4. The molecule has 4 aromatic rings. The van der Waals surface area contributed by atoms with Gasteiger partial charge in [0.2, 0.25) is 5.91 Å². The highest BCUT2D eigenvalue weighted by Crippen LogP contribution is 2.48. The first-order valence-corrected chi connectivity index (χ1v) is 16.8. The van der Waals surface area contributed by atoms with Crippen molar-refractivity contribution in [3.8, 4) is 23.2 Å². The Hall–Kier alpha value is -4.36. The van der Waals surface area contributed by atoms with Crippen LogP contribution >= 0.6 is 11.3 Å². The number of anilines is 2. The van der Waals surface area contributed by atoms with Crippen molar-refractivity contribution in [2.75, 3.05) is 50.0 Å². The summed E-state index contributed by atoms with van der Waals surface area (Å²) in [5.74, 6) is -2.18. The maximum atomic E-state index is 17.0. The van der Waals surface area contributed by atoms with E-state index in [-0.39, 0.29) is 88.0 Å². The van der Waals surface area contributed by atoms with Gasteiger partial charge in [-0.15, -0.1) is 11.3 Å². The van der Waals surface area contributed by atoms with E-state index in [1.54, 1.807) is 9.80 Å². The Morgan fingerprint density at radius 3 is 2.76 bits per heavy atom. The molecule has 0 saturated carbocycles. The van der Waals surface area contributed by atoms with Crippen LogP contribution in [0.5, 0.6) is 6.01 Å². The minimum Gasteiger partial charge on any atom is -0.461 e. The zero-order valence-electron chi connectivity index (χ0n) is 25.9. The predicted molar refractivity (Wildman–Crippen MR) is 170 cm³/mol. The number of hydrogen-bond acceptors (Lipinski definition) is 9. The Labute approximate surface area is 279 Å². The van der Waals surface area contributed by atoms with Crippen molar-refractivity contribution in [3.05, 3.63) is 41.0 Å². The van der Waals surface area contributed by atoms with Crippen molar-refractivity contribution in [3.63, 3.8) is 0 Å². The summed E-state index contributed by atoms with van der Waals surface area (Å²) in [6.45, 7) is 1.73. The fourth-order valence-electron chi connectivity index (χ4n) is 8.20. The molecule has 4 aliphatic rings. The van der Waals surface area contributed by atoms with E-state index in [2.05, 4.69) is 9.97 Å². The number of piperazine rings is 1. The smallest absolute Gasteiger partial charge is 0.417 e. The number of nitrogen functional groups attached to an aromatic ring is 1. The number of nitrogens with two attached hydrogens (primary N) is 1. The molecule has 2 aromatic heterocycles. The van der Waals surface area contributed by atoms with Crippen molar-refractivity contribution in [1.82, 2.24) is 19.8 Å². The number of benzene rings is 2. The van der Waals surface area contributed by atoms with Gasteiger partial charge in [0.05, 0.1) is 21.4 Å². The fourth-order valence-corrected chi connectivity index (χ4v) is 9.15. The summed E-state index contributed by atoms with van der Waals surface area (Å²) in [4.78, 5) is 26.7. The monoisotopic (exact) mass is 701 g/mol. The number of hydrogen-bond donors (Lipinski definition) is 1. The molecule has 256 valence electrons. The Bertz CT molecular complexity index is 2080. The van der Waals surface area contributed by atoms with Crippen LogP contribution in [0.15, 0.2) is 18.2 Å².